The number of carbonyl (C=O) groups excluding carboxylic acids is 1. The Morgan fingerprint density at radius 2 is 1.57 bits per heavy atom. The highest BCUT2D eigenvalue weighted by Crippen LogP contribution is 2.18. The summed E-state index contributed by atoms with van der Waals surface area (Å²) in [6.45, 7) is 4.97. The SMILES string of the molecule is O=C(Cn1nc(N2CCN(c3ccccc3)CC2)ccc1=O)N1CCSCC1. The number of rotatable bonds is 4. The third-order valence-corrected chi connectivity index (χ3v) is 6.17. The minimum atomic E-state index is -0.230. The Bertz CT molecular complexity index is 858. The van der Waals surface area contributed by atoms with Gasteiger partial charge in [-0.25, -0.2) is 4.68 Å². The van der Waals surface area contributed by atoms with Gasteiger partial charge in [0.05, 0.1) is 0 Å². The number of aromatic nitrogens is 2. The molecule has 1 aromatic carbocycles. The van der Waals surface area contributed by atoms with Crippen molar-refractivity contribution < 1.29 is 4.79 Å². The van der Waals surface area contributed by atoms with Crippen molar-refractivity contribution in [3.63, 3.8) is 0 Å². The Morgan fingerprint density at radius 1 is 0.893 bits per heavy atom. The number of para-hydroxylation sites is 1. The quantitative estimate of drug-likeness (QED) is 0.769. The molecule has 2 aliphatic heterocycles. The van der Waals surface area contributed by atoms with Gasteiger partial charge >= 0.3 is 0 Å². The number of carbonyl (C=O) groups is 1. The number of thioether (sulfide) groups is 1. The van der Waals surface area contributed by atoms with Gasteiger partial charge in [0.1, 0.15) is 12.4 Å². The summed E-state index contributed by atoms with van der Waals surface area (Å²) in [6.07, 6.45) is 0. The summed E-state index contributed by atoms with van der Waals surface area (Å²) in [5.41, 5.74) is 0.997. The molecule has 7 nitrogen and oxygen atoms in total. The molecule has 8 heteroatoms. The van der Waals surface area contributed by atoms with Crippen molar-refractivity contribution in [2.75, 3.05) is 60.6 Å². The maximum atomic E-state index is 12.5. The lowest BCUT2D eigenvalue weighted by atomic mass is 10.2. The highest BCUT2D eigenvalue weighted by molar-refractivity contribution is 7.99. The van der Waals surface area contributed by atoms with E-state index in [1.807, 2.05) is 22.7 Å². The van der Waals surface area contributed by atoms with Crippen molar-refractivity contribution >= 4 is 29.2 Å². The first-order valence-electron chi connectivity index (χ1n) is 9.69. The van der Waals surface area contributed by atoms with Gasteiger partial charge in [0.15, 0.2) is 0 Å². The number of nitrogens with zero attached hydrogens (tertiary/aromatic N) is 5. The van der Waals surface area contributed by atoms with Gasteiger partial charge in [0.2, 0.25) is 5.91 Å². The molecule has 28 heavy (non-hydrogen) atoms. The molecular formula is C20H25N5O2S. The summed E-state index contributed by atoms with van der Waals surface area (Å²) in [6, 6.07) is 13.7. The summed E-state index contributed by atoms with van der Waals surface area (Å²) >= 11 is 1.86. The highest BCUT2D eigenvalue weighted by Gasteiger charge is 2.21. The second-order valence-corrected chi connectivity index (χ2v) is 8.21. The standard InChI is InChI=1S/C20H25N5O2S/c26-19-7-6-18(21-25(19)16-20(27)24-12-14-28-15-13-24)23-10-8-22(9-11-23)17-4-2-1-3-5-17/h1-7H,8-16H2. The van der Waals surface area contributed by atoms with E-state index in [2.05, 4.69) is 39.2 Å². The zero-order valence-corrected chi connectivity index (χ0v) is 16.7. The predicted molar refractivity (Wildman–Crippen MR) is 113 cm³/mol. The Labute approximate surface area is 168 Å². The first kappa shape index (κ1) is 18.9. The molecule has 2 fully saturated rings. The Morgan fingerprint density at radius 3 is 2.29 bits per heavy atom. The fourth-order valence-electron chi connectivity index (χ4n) is 3.59. The molecule has 1 aromatic heterocycles. The molecule has 148 valence electrons. The van der Waals surface area contributed by atoms with Crippen LogP contribution in [0.25, 0.3) is 0 Å². The summed E-state index contributed by atoms with van der Waals surface area (Å²) in [7, 11) is 0. The van der Waals surface area contributed by atoms with Crippen LogP contribution in [0.4, 0.5) is 11.5 Å². The fraction of sp³-hybridized carbons (Fsp3) is 0.450. The van der Waals surface area contributed by atoms with Crippen molar-refractivity contribution in [2.24, 2.45) is 0 Å². The Balaban J connectivity index is 1.41. The molecular weight excluding hydrogens is 374 g/mol. The molecule has 0 spiro atoms. The van der Waals surface area contributed by atoms with E-state index < -0.39 is 0 Å². The van der Waals surface area contributed by atoms with E-state index >= 15 is 0 Å². The normalized spacial score (nSPS) is 17.6. The molecule has 2 aliphatic rings. The lowest BCUT2D eigenvalue weighted by molar-refractivity contribution is -0.131. The Hall–Kier alpha value is -2.48. The van der Waals surface area contributed by atoms with E-state index in [-0.39, 0.29) is 18.0 Å². The van der Waals surface area contributed by atoms with Crippen molar-refractivity contribution in [1.82, 2.24) is 14.7 Å². The van der Waals surface area contributed by atoms with E-state index in [0.29, 0.717) is 0 Å². The van der Waals surface area contributed by atoms with E-state index in [1.165, 1.54) is 16.4 Å². The number of piperazine rings is 1. The van der Waals surface area contributed by atoms with Gasteiger partial charge in [-0.3, -0.25) is 9.59 Å². The van der Waals surface area contributed by atoms with Crippen molar-refractivity contribution in [2.45, 2.75) is 6.54 Å². The summed E-state index contributed by atoms with van der Waals surface area (Å²) in [4.78, 5) is 31.1. The Kier molecular flexibility index (Phi) is 5.85. The van der Waals surface area contributed by atoms with Gasteiger partial charge < -0.3 is 14.7 Å². The van der Waals surface area contributed by atoms with Gasteiger partial charge in [-0.15, -0.1) is 0 Å². The van der Waals surface area contributed by atoms with Crippen LogP contribution >= 0.6 is 11.8 Å². The second kappa shape index (κ2) is 8.68. The van der Waals surface area contributed by atoms with Crippen LogP contribution in [0.2, 0.25) is 0 Å². The van der Waals surface area contributed by atoms with E-state index in [4.69, 9.17) is 0 Å². The number of anilines is 2. The van der Waals surface area contributed by atoms with E-state index in [9.17, 15) is 9.59 Å². The van der Waals surface area contributed by atoms with Crippen LogP contribution in [0.1, 0.15) is 0 Å². The van der Waals surface area contributed by atoms with Crippen molar-refractivity contribution in [1.29, 1.82) is 0 Å². The monoisotopic (exact) mass is 399 g/mol. The average molecular weight is 400 g/mol. The molecule has 0 aliphatic carbocycles. The van der Waals surface area contributed by atoms with Crippen molar-refractivity contribution in [3.8, 4) is 0 Å². The van der Waals surface area contributed by atoms with Gasteiger partial charge in [-0.2, -0.15) is 16.9 Å². The molecule has 0 bridgehead atoms. The van der Waals surface area contributed by atoms with Gasteiger partial charge in [0.25, 0.3) is 5.56 Å². The lowest BCUT2D eigenvalue weighted by Crippen LogP contribution is -2.47. The summed E-state index contributed by atoms with van der Waals surface area (Å²) < 4.78 is 1.31. The largest absolute Gasteiger partial charge is 0.368 e. The van der Waals surface area contributed by atoms with Crippen LogP contribution in [-0.2, 0) is 11.3 Å². The maximum Gasteiger partial charge on any atom is 0.267 e. The topological polar surface area (TPSA) is 61.7 Å². The van der Waals surface area contributed by atoms with Gasteiger partial charge in [0, 0.05) is 62.5 Å². The minimum Gasteiger partial charge on any atom is -0.368 e. The van der Waals surface area contributed by atoms with Crippen LogP contribution in [0.5, 0.6) is 0 Å². The van der Waals surface area contributed by atoms with Crippen LogP contribution in [-0.4, -0.2) is 71.4 Å². The molecule has 3 heterocycles. The maximum absolute atomic E-state index is 12.5. The molecule has 0 atom stereocenters. The van der Waals surface area contributed by atoms with Crippen molar-refractivity contribution in [3.05, 3.63) is 52.8 Å². The van der Waals surface area contributed by atoms with Crippen LogP contribution in [0, 0.1) is 0 Å². The molecule has 1 amide bonds. The second-order valence-electron chi connectivity index (χ2n) is 6.99. The average Bonchev–Trinajstić information content (AvgIpc) is 2.76. The van der Waals surface area contributed by atoms with Gasteiger partial charge in [-0.05, 0) is 18.2 Å². The third-order valence-electron chi connectivity index (χ3n) is 5.23. The zero-order valence-electron chi connectivity index (χ0n) is 15.9. The van der Waals surface area contributed by atoms with E-state index in [0.717, 1.165) is 56.6 Å². The van der Waals surface area contributed by atoms with Crippen LogP contribution in [0.15, 0.2) is 47.3 Å². The van der Waals surface area contributed by atoms with Crippen LogP contribution < -0.4 is 15.4 Å². The molecule has 0 saturated carbocycles. The fourth-order valence-corrected chi connectivity index (χ4v) is 4.50. The van der Waals surface area contributed by atoms with Gasteiger partial charge in [-0.1, -0.05) is 18.2 Å². The number of hydrogen-bond acceptors (Lipinski definition) is 6. The highest BCUT2D eigenvalue weighted by atomic mass is 32.2. The molecule has 4 rings (SSSR count). The molecule has 0 unspecified atom stereocenters. The predicted octanol–water partition coefficient (Wildman–Crippen LogP) is 1.15. The number of hydrogen-bond donors (Lipinski definition) is 0. The van der Waals surface area contributed by atoms with Crippen LogP contribution in [0.3, 0.4) is 0 Å². The lowest BCUT2D eigenvalue weighted by Gasteiger charge is -2.36. The number of benzene rings is 1. The molecule has 0 N–H and O–H groups in total. The summed E-state index contributed by atoms with van der Waals surface area (Å²) in [5.74, 6) is 2.65. The minimum absolute atomic E-state index is 0.0152. The first-order valence-corrected chi connectivity index (χ1v) is 10.8. The third kappa shape index (κ3) is 4.32. The smallest absolute Gasteiger partial charge is 0.267 e. The molecule has 2 aromatic rings. The zero-order chi connectivity index (χ0) is 19.3. The number of amides is 1. The molecule has 0 radical (unpaired) electrons. The molecule has 2 saturated heterocycles. The van der Waals surface area contributed by atoms with E-state index in [1.54, 1.807) is 6.07 Å². The summed E-state index contributed by atoms with van der Waals surface area (Å²) in [5, 5.41) is 4.49. The first-order chi connectivity index (χ1) is 13.7.